The van der Waals surface area contributed by atoms with Gasteiger partial charge in [0.25, 0.3) is 0 Å². The lowest BCUT2D eigenvalue weighted by molar-refractivity contribution is -0.0194. The number of piperidine rings is 3. The van der Waals surface area contributed by atoms with Crippen molar-refractivity contribution < 1.29 is 4.42 Å². The minimum atomic E-state index is 0.521. The number of anilines is 1. The third-order valence-corrected chi connectivity index (χ3v) is 7.98. The highest BCUT2D eigenvalue weighted by Gasteiger charge is 2.45. The van der Waals surface area contributed by atoms with Crippen LogP contribution in [0.5, 0.6) is 0 Å². The van der Waals surface area contributed by atoms with E-state index >= 15 is 0 Å². The Morgan fingerprint density at radius 1 is 0.931 bits per heavy atom. The summed E-state index contributed by atoms with van der Waals surface area (Å²) in [5.41, 5.74) is 1.49. The monoisotopic (exact) mass is 392 g/mol. The first-order valence-corrected chi connectivity index (χ1v) is 11.7. The summed E-state index contributed by atoms with van der Waals surface area (Å²) in [6.07, 6.45) is 10.4. The van der Waals surface area contributed by atoms with Crippen molar-refractivity contribution in [1.82, 2.24) is 15.1 Å². The van der Waals surface area contributed by atoms with Crippen molar-refractivity contribution in [2.24, 2.45) is 11.8 Å². The Labute approximate surface area is 173 Å². The summed E-state index contributed by atoms with van der Waals surface area (Å²) in [7, 11) is 0. The van der Waals surface area contributed by atoms with Crippen molar-refractivity contribution in [1.29, 1.82) is 0 Å². The molecule has 0 amide bonds. The molecule has 154 valence electrons. The van der Waals surface area contributed by atoms with Gasteiger partial charge in [-0.3, -0.25) is 4.90 Å². The largest absolute Gasteiger partial charge is 0.408 e. The van der Waals surface area contributed by atoms with Crippen molar-refractivity contribution >= 4 is 6.01 Å². The normalized spacial score (nSPS) is 32.6. The van der Waals surface area contributed by atoms with Gasteiger partial charge in [0.2, 0.25) is 5.89 Å². The van der Waals surface area contributed by atoms with Crippen molar-refractivity contribution in [3.05, 3.63) is 41.8 Å². The fourth-order valence-electron chi connectivity index (χ4n) is 6.35. The van der Waals surface area contributed by atoms with E-state index in [-0.39, 0.29) is 0 Å². The third-order valence-electron chi connectivity index (χ3n) is 7.98. The predicted octanol–water partition coefficient (Wildman–Crippen LogP) is 4.26. The molecule has 4 atom stereocenters. The van der Waals surface area contributed by atoms with Crippen LogP contribution in [0.2, 0.25) is 0 Å². The van der Waals surface area contributed by atoms with Crippen molar-refractivity contribution in [3.8, 4) is 0 Å². The van der Waals surface area contributed by atoms with Crippen molar-refractivity contribution in [2.45, 2.75) is 69.4 Å². The number of fused-ring (bicyclic) bond motifs is 4. The zero-order valence-electron chi connectivity index (χ0n) is 17.2. The van der Waals surface area contributed by atoms with E-state index in [4.69, 9.17) is 4.42 Å². The summed E-state index contributed by atoms with van der Waals surface area (Å²) in [5.74, 6) is 2.86. The first kappa shape index (κ1) is 17.9. The number of hydrogen-bond acceptors (Lipinski definition) is 5. The van der Waals surface area contributed by atoms with Crippen LogP contribution < -0.4 is 4.90 Å². The van der Waals surface area contributed by atoms with E-state index < -0.39 is 0 Å². The molecule has 3 saturated heterocycles. The maximum Gasteiger partial charge on any atom is 0.318 e. The van der Waals surface area contributed by atoms with Crippen molar-refractivity contribution in [2.75, 3.05) is 24.5 Å². The van der Waals surface area contributed by atoms with Gasteiger partial charge in [0.05, 0.1) is 0 Å². The maximum atomic E-state index is 6.12. The molecular weight excluding hydrogens is 360 g/mol. The average Bonchev–Trinajstić information content (AvgIpc) is 3.17. The number of aromatic nitrogens is 2. The molecule has 4 fully saturated rings. The van der Waals surface area contributed by atoms with Gasteiger partial charge in [-0.2, -0.15) is 0 Å². The summed E-state index contributed by atoms with van der Waals surface area (Å²) in [6, 6.07) is 13.3. The van der Waals surface area contributed by atoms with Gasteiger partial charge >= 0.3 is 6.01 Å². The van der Waals surface area contributed by atoms with E-state index in [1.54, 1.807) is 0 Å². The number of hydrogen-bond donors (Lipinski definition) is 0. The minimum absolute atomic E-state index is 0.521. The van der Waals surface area contributed by atoms with Gasteiger partial charge in [0.1, 0.15) is 0 Å². The van der Waals surface area contributed by atoms with Crippen LogP contribution in [0.1, 0.15) is 62.3 Å². The third kappa shape index (κ3) is 3.37. The minimum Gasteiger partial charge on any atom is -0.408 e. The molecule has 1 aliphatic carbocycles. The van der Waals surface area contributed by atoms with Crippen LogP contribution >= 0.6 is 0 Å². The van der Waals surface area contributed by atoms with E-state index in [9.17, 15) is 0 Å². The fraction of sp³-hybridized carbons (Fsp3) is 0.667. The van der Waals surface area contributed by atoms with E-state index in [1.165, 1.54) is 63.5 Å². The Morgan fingerprint density at radius 3 is 2.62 bits per heavy atom. The summed E-state index contributed by atoms with van der Waals surface area (Å²) < 4.78 is 6.12. The van der Waals surface area contributed by atoms with Crippen LogP contribution in [0.4, 0.5) is 6.01 Å². The molecule has 4 heterocycles. The smallest absolute Gasteiger partial charge is 0.318 e. The second kappa shape index (κ2) is 7.42. The Morgan fingerprint density at radius 2 is 1.79 bits per heavy atom. The molecule has 29 heavy (non-hydrogen) atoms. The molecule has 4 aliphatic rings. The lowest BCUT2D eigenvalue weighted by atomic mass is 9.74. The Bertz CT molecular complexity index is 832. The van der Waals surface area contributed by atoms with Gasteiger partial charge in [-0.1, -0.05) is 48.3 Å². The molecule has 1 aromatic heterocycles. The fourth-order valence-corrected chi connectivity index (χ4v) is 6.35. The van der Waals surface area contributed by atoms with Gasteiger partial charge < -0.3 is 9.32 Å². The standard InChI is InChI=1S/C24H32N4O/c1-2-6-17(7-3-1)13-21-10-5-11-22-20-12-18(15-28(21)22)14-27(16-20)24-26-25-23(29-24)19-8-4-9-19/h1-3,6-7,18-22H,4-5,8-16H2/t18-,20+,21+,22-/m0/s1. The van der Waals surface area contributed by atoms with Crippen LogP contribution in [-0.2, 0) is 6.42 Å². The van der Waals surface area contributed by atoms with E-state index in [0.29, 0.717) is 12.0 Å². The van der Waals surface area contributed by atoms with Gasteiger partial charge in [-0.05, 0) is 55.9 Å². The quantitative estimate of drug-likeness (QED) is 0.778. The average molecular weight is 393 g/mol. The lowest BCUT2D eigenvalue weighted by Crippen LogP contribution is -2.62. The van der Waals surface area contributed by atoms with Gasteiger partial charge in [-0.25, -0.2) is 0 Å². The highest BCUT2D eigenvalue weighted by atomic mass is 16.4. The second-order valence-electron chi connectivity index (χ2n) is 9.86. The molecule has 1 saturated carbocycles. The second-order valence-corrected chi connectivity index (χ2v) is 9.86. The highest BCUT2D eigenvalue weighted by molar-refractivity contribution is 5.28. The molecule has 6 rings (SSSR count). The highest BCUT2D eigenvalue weighted by Crippen LogP contribution is 2.42. The number of rotatable bonds is 4. The van der Waals surface area contributed by atoms with Gasteiger partial charge in [0.15, 0.2) is 0 Å². The van der Waals surface area contributed by atoms with E-state index in [0.717, 1.165) is 42.9 Å². The van der Waals surface area contributed by atoms with Gasteiger partial charge in [-0.15, -0.1) is 5.10 Å². The van der Waals surface area contributed by atoms with Crippen LogP contribution in [0.15, 0.2) is 34.7 Å². The zero-order chi connectivity index (χ0) is 19.2. The van der Waals surface area contributed by atoms with Crippen LogP contribution in [0.25, 0.3) is 0 Å². The molecule has 3 aliphatic heterocycles. The van der Waals surface area contributed by atoms with Crippen LogP contribution in [-0.4, -0.2) is 46.8 Å². The molecule has 0 spiro atoms. The lowest BCUT2D eigenvalue weighted by Gasteiger charge is -2.55. The predicted molar refractivity (Wildman–Crippen MR) is 113 cm³/mol. The first-order valence-electron chi connectivity index (χ1n) is 11.7. The summed E-state index contributed by atoms with van der Waals surface area (Å²) in [5, 5.41) is 8.82. The first-order chi connectivity index (χ1) is 14.3. The molecule has 0 unspecified atom stereocenters. The summed E-state index contributed by atoms with van der Waals surface area (Å²) in [4.78, 5) is 5.30. The van der Waals surface area contributed by atoms with Crippen LogP contribution in [0, 0.1) is 11.8 Å². The van der Waals surface area contributed by atoms with E-state index in [2.05, 4.69) is 50.3 Å². The molecule has 0 radical (unpaired) electrons. The van der Waals surface area contributed by atoms with E-state index in [1.807, 2.05) is 0 Å². The zero-order valence-corrected chi connectivity index (χ0v) is 17.2. The molecule has 2 bridgehead atoms. The number of benzene rings is 1. The summed E-state index contributed by atoms with van der Waals surface area (Å²) >= 11 is 0. The molecule has 1 aromatic carbocycles. The number of nitrogens with zero attached hydrogens (tertiary/aromatic N) is 4. The molecule has 0 N–H and O–H groups in total. The Hall–Kier alpha value is -1.88. The van der Waals surface area contributed by atoms with Crippen LogP contribution in [0.3, 0.4) is 0 Å². The Kier molecular flexibility index (Phi) is 4.59. The Balaban J connectivity index is 1.17. The summed E-state index contributed by atoms with van der Waals surface area (Å²) in [6.45, 7) is 3.39. The molecule has 5 heteroatoms. The SMILES string of the molecule is c1ccc(C[C@H]2CCC[C@H]3[C@@H]4C[C@@H](CN(c5nnc(C6CCC6)o5)C4)CN23)cc1. The molecule has 5 nitrogen and oxygen atoms in total. The maximum absolute atomic E-state index is 6.12. The van der Waals surface area contributed by atoms with Crippen molar-refractivity contribution in [3.63, 3.8) is 0 Å². The topological polar surface area (TPSA) is 45.4 Å². The molecule has 2 aromatic rings. The molecular formula is C24H32N4O. The van der Waals surface area contributed by atoms with Gasteiger partial charge in [0, 0.05) is 37.6 Å².